The summed E-state index contributed by atoms with van der Waals surface area (Å²) in [6.07, 6.45) is 0. The maximum atomic E-state index is 12.3. The van der Waals surface area contributed by atoms with E-state index in [2.05, 4.69) is 36.8 Å². The van der Waals surface area contributed by atoms with E-state index in [1.54, 1.807) is 43.5 Å². The van der Waals surface area contributed by atoms with Crippen LogP contribution >= 0.6 is 15.9 Å². The number of ether oxygens (including phenoxy) is 1. The Kier molecular flexibility index (Phi) is 5.25. The third kappa shape index (κ3) is 4.33. The highest BCUT2D eigenvalue weighted by molar-refractivity contribution is 9.10. The first-order valence-corrected chi connectivity index (χ1v) is 8.26. The van der Waals surface area contributed by atoms with Crippen molar-refractivity contribution < 1.29 is 9.53 Å². The molecule has 1 amide bonds. The minimum absolute atomic E-state index is 0.223. The van der Waals surface area contributed by atoms with Crippen molar-refractivity contribution in [3.05, 3.63) is 70.8 Å². The summed E-state index contributed by atoms with van der Waals surface area (Å²) in [4.78, 5) is 12.3. The van der Waals surface area contributed by atoms with Gasteiger partial charge in [-0.15, -0.1) is 10.2 Å². The molecule has 0 aliphatic heterocycles. The number of hydrogen-bond acceptors (Lipinski definition) is 5. The van der Waals surface area contributed by atoms with Crippen molar-refractivity contribution in [2.24, 2.45) is 0 Å². The Morgan fingerprint density at radius 2 is 1.88 bits per heavy atom. The summed E-state index contributed by atoms with van der Waals surface area (Å²) in [5.41, 5.74) is 1.72. The molecule has 0 spiro atoms. The zero-order chi connectivity index (χ0) is 17.6. The fraction of sp³-hybridized carbons (Fsp3) is 0.0556. The van der Waals surface area contributed by atoms with Crippen LogP contribution in [0.1, 0.15) is 10.5 Å². The predicted molar refractivity (Wildman–Crippen MR) is 100 cm³/mol. The Hall–Kier alpha value is -2.93. The van der Waals surface area contributed by atoms with E-state index in [9.17, 15) is 4.79 Å². The van der Waals surface area contributed by atoms with E-state index in [4.69, 9.17) is 4.74 Å². The van der Waals surface area contributed by atoms with E-state index in [1.165, 1.54) is 0 Å². The van der Waals surface area contributed by atoms with E-state index in [0.717, 1.165) is 10.2 Å². The number of nitrogens with zero attached hydrogens (tertiary/aromatic N) is 2. The number of methoxy groups -OCH3 is 1. The number of hydrogen-bond donors (Lipinski definition) is 2. The first-order chi connectivity index (χ1) is 12.2. The van der Waals surface area contributed by atoms with Crippen LogP contribution in [-0.4, -0.2) is 23.2 Å². The molecule has 25 heavy (non-hydrogen) atoms. The molecule has 0 saturated carbocycles. The van der Waals surface area contributed by atoms with Gasteiger partial charge in [0.2, 0.25) is 0 Å². The molecular formula is C18H15BrN4O2. The molecule has 0 aliphatic carbocycles. The molecule has 0 bridgehead atoms. The lowest BCUT2D eigenvalue weighted by molar-refractivity contribution is 0.102. The largest absolute Gasteiger partial charge is 0.497 e. The molecule has 7 heteroatoms. The standard InChI is InChI=1S/C18H15BrN4O2/c1-25-13-6-4-5-12(11-13)20-18(24)16-9-10-17(23-22-16)21-15-8-3-2-7-14(15)19/h2-11H,1H3,(H,20,24)(H,21,23). The summed E-state index contributed by atoms with van der Waals surface area (Å²) >= 11 is 3.46. The van der Waals surface area contributed by atoms with Crippen LogP contribution in [0.25, 0.3) is 0 Å². The molecule has 6 nitrogen and oxygen atoms in total. The van der Waals surface area contributed by atoms with E-state index in [0.29, 0.717) is 17.3 Å². The molecule has 0 saturated heterocycles. The topological polar surface area (TPSA) is 76.1 Å². The Labute approximate surface area is 153 Å². The number of benzene rings is 2. The smallest absolute Gasteiger partial charge is 0.276 e. The van der Waals surface area contributed by atoms with E-state index >= 15 is 0 Å². The first kappa shape index (κ1) is 16.9. The van der Waals surface area contributed by atoms with Crippen LogP contribution < -0.4 is 15.4 Å². The minimum atomic E-state index is -0.340. The molecule has 0 atom stereocenters. The highest BCUT2D eigenvalue weighted by Gasteiger charge is 2.09. The summed E-state index contributed by atoms with van der Waals surface area (Å²) in [6, 6.07) is 18.1. The number of nitrogens with one attached hydrogen (secondary N) is 2. The Morgan fingerprint density at radius 1 is 1.04 bits per heavy atom. The molecule has 1 heterocycles. The average molecular weight is 399 g/mol. The number of aromatic nitrogens is 2. The van der Waals surface area contributed by atoms with E-state index < -0.39 is 0 Å². The summed E-state index contributed by atoms with van der Waals surface area (Å²) in [6.45, 7) is 0. The summed E-state index contributed by atoms with van der Waals surface area (Å²) in [5, 5.41) is 13.9. The molecule has 2 N–H and O–H groups in total. The lowest BCUT2D eigenvalue weighted by Gasteiger charge is -2.08. The molecule has 0 aliphatic rings. The van der Waals surface area contributed by atoms with Gasteiger partial charge in [0.05, 0.1) is 12.8 Å². The van der Waals surface area contributed by atoms with Crippen LogP contribution in [-0.2, 0) is 0 Å². The van der Waals surface area contributed by atoms with Crippen LogP contribution in [0.4, 0.5) is 17.2 Å². The van der Waals surface area contributed by atoms with Gasteiger partial charge in [0.1, 0.15) is 5.75 Å². The summed E-state index contributed by atoms with van der Waals surface area (Å²) < 4.78 is 6.05. The molecular weight excluding hydrogens is 384 g/mol. The van der Waals surface area contributed by atoms with E-state index in [-0.39, 0.29) is 11.6 Å². The molecule has 3 rings (SSSR count). The molecule has 1 aromatic heterocycles. The molecule has 2 aromatic carbocycles. The fourth-order valence-corrected chi connectivity index (χ4v) is 2.50. The maximum Gasteiger partial charge on any atom is 0.276 e. The Bertz CT molecular complexity index is 884. The van der Waals surface area contributed by atoms with Crippen molar-refractivity contribution >= 4 is 39.0 Å². The molecule has 0 unspecified atom stereocenters. The van der Waals surface area contributed by atoms with Crippen LogP contribution in [0.2, 0.25) is 0 Å². The summed E-state index contributed by atoms with van der Waals surface area (Å²) in [5.74, 6) is 0.870. The van der Waals surface area contributed by atoms with Crippen molar-refractivity contribution in [2.75, 3.05) is 17.7 Å². The van der Waals surface area contributed by atoms with Gasteiger partial charge in [0.25, 0.3) is 5.91 Å². The fourth-order valence-electron chi connectivity index (χ4n) is 2.12. The molecule has 0 radical (unpaired) electrons. The van der Waals surface area contributed by atoms with Crippen molar-refractivity contribution in [3.63, 3.8) is 0 Å². The lowest BCUT2D eigenvalue weighted by atomic mass is 10.3. The number of carbonyl (C=O) groups is 1. The second-order valence-corrected chi connectivity index (χ2v) is 5.95. The Balaban J connectivity index is 1.69. The van der Waals surface area contributed by atoms with Crippen molar-refractivity contribution in [1.82, 2.24) is 10.2 Å². The highest BCUT2D eigenvalue weighted by Crippen LogP contribution is 2.24. The SMILES string of the molecule is COc1cccc(NC(=O)c2ccc(Nc3ccccc3Br)nn2)c1. The lowest BCUT2D eigenvalue weighted by Crippen LogP contribution is -2.14. The van der Waals surface area contributed by atoms with Crippen molar-refractivity contribution in [1.29, 1.82) is 0 Å². The first-order valence-electron chi connectivity index (χ1n) is 7.46. The van der Waals surface area contributed by atoms with Gasteiger partial charge in [-0.3, -0.25) is 4.79 Å². The normalized spacial score (nSPS) is 10.2. The molecule has 126 valence electrons. The third-order valence-electron chi connectivity index (χ3n) is 3.36. The van der Waals surface area contributed by atoms with Crippen LogP contribution in [0.15, 0.2) is 65.1 Å². The third-order valence-corrected chi connectivity index (χ3v) is 4.05. The number of para-hydroxylation sites is 1. The van der Waals surface area contributed by atoms with Gasteiger partial charge in [-0.25, -0.2) is 0 Å². The van der Waals surface area contributed by atoms with Gasteiger partial charge in [0, 0.05) is 16.2 Å². The number of halogens is 1. The maximum absolute atomic E-state index is 12.3. The zero-order valence-electron chi connectivity index (χ0n) is 13.4. The van der Waals surface area contributed by atoms with Gasteiger partial charge in [-0.05, 0) is 52.3 Å². The second kappa shape index (κ2) is 7.76. The second-order valence-electron chi connectivity index (χ2n) is 5.09. The Morgan fingerprint density at radius 3 is 2.60 bits per heavy atom. The van der Waals surface area contributed by atoms with Gasteiger partial charge in [-0.1, -0.05) is 18.2 Å². The molecule has 3 aromatic rings. The number of rotatable bonds is 5. The zero-order valence-corrected chi connectivity index (χ0v) is 14.9. The number of anilines is 3. The number of carbonyl (C=O) groups excluding carboxylic acids is 1. The van der Waals surface area contributed by atoms with Gasteiger partial charge in [0.15, 0.2) is 11.5 Å². The average Bonchev–Trinajstić information content (AvgIpc) is 2.64. The predicted octanol–water partition coefficient (Wildman–Crippen LogP) is 4.24. The molecule has 0 fully saturated rings. The van der Waals surface area contributed by atoms with Gasteiger partial charge < -0.3 is 15.4 Å². The van der Waals surface area contributed by atoms with Crippen LogP contribution in [0.3, 0.4) is 0 Å². The van der Waals surface area contributed by atoms with Crippen molar-refractivity contribution in [3.8, 4) is 5.75 Å². The van der Waals surface area contributed by atoms with Crippen molar-refractivity contribution in [2.45, 2.75) is 0 Å². The number of amides is 1. The monoisotopic (exact) mass is 398 g/mol. The van der Waals surface area contributed by atoms with Crippen LogP contribution in [0, 0.1) is 0 Å². The highest BCUT2D eigenvalue weighted by atomic mass is 79.9. The minimum Gasteiger partial charge on any atom is -0.497 e. The summed E-state index contributed by atoms with van der Waals surface area (Å²) in [7, 11) is 1.57. The van der Waals surface area contributed by atoms with Gasteiger partial charge >= 0.3 is 0 Å². The quantitative estimate of drug-likeness (QED) is 0.671. The van der Waals surface area contributed by atoms with E-state index in [1.807, 2.05) is 24.3 Å². The van der Waals surface area contributed by atoms with Gasteiger partial charge in [-0.2, -0.15) is 0 Å². The van der Waals surface area contributed by atoms with Crippen LogP contribution in [0.5, 0.6) is 5.75 Å².